The molecule has 0 aliphatic heterocycles. The van der Waals surface area contributed by atoms with Crippen molar-refractivity contribution in [2.45, 2.75) is 26.4 Å². The van der Waals surface area contributed by atoms with Gasteiger partial charge in [-0.2, -0.15) is 0 Å². The summed E-state index contributed by atoms with van der Waals surface area (Å²) in [6.07, 6.45) is 0. The first-order chi connectivity index (χ1) is 14.6. The van der Waals surface area contributed by atoms with Gasteiger partial charge in [0.05, 0.1) is 12.6 Å². The number of rotatable bonds is 8. The number of nitrogens with zero attached hydrogens (tertiary/aromatic N) is 1. The highest BCUT2D eigenvalue weighted by Gasteiger charge is 2.11. The summed E-state index contributed by atoms with van der Waals surface area (Å²) in [4.78, 5) is 15.6. The largest absolute Gasteiger partial charge is 0.484 e. The van der Waals surface area contributed by atoms with Crippen molar-refractivity contribution in [2.75, 3.05) is 13.2 Å². The van der Waals surface area contributed by atoms with Crippen LogP contribution < -0.4 is 21.1 Å². The molecule has 0 saturated carbocycles. The molecule has 6 heteroatoms. The molecule has 0 aliphatic carbocycles. The molecule has 4 N–H and O–H groups in total. The van der Waals surface area contributed by atoms with E-state index < -0.39 is 5.91 Å². The number of carbonyl (C=O) groups is 1. The highest BCUT2D eigenvalue weighted by molar-refractivity contribution is 5.87. The van der Waals surface area contributed by atoms with E-state index in [-0.39, 0.29) is 12.6 Å². The van der Waals surface area contributed by atoms with Crippen molar-refractivity contribution < 1.29 is 9.53 Å². The third kappa shape index (κ3) is 5.73. The van der Waals surface area contributed by atoms with Gasteiger partial charge in [0.15, 0.2) is 12.6 Å². The fourth-order valence-electron chi connectivity index (χ4n) is 3.29. The minimum Gasteiger partial charge on any atom is -0.484 e. The normalized spacial score (nSPS) is 12.4. The summed E-state index contributed by atoms with van der Waals surface area (Å²) >= 11 is 0. The Balaban J connectivity index is 1.73. The van der Waals surface area contributed by atoms with Crippen molar-refractivity contribution in [3.05, 3.63) is 77.9 Å². The smallest absolute Gasteiger partial charge is 0.255 e. The van der Waals surface area contributed by atoms with Crippen molar-refractivity contribution in [3.8, 4) is 5.75 Å². The maximum Gasteiger partial charge on any atom is 0.255 e. The van der Waals surface area contributed by atoms with Crippen molar-refractivity contribution >= 4 is 22.6 Å². The number of benzene rings is 3. The van der Waals surface area contributed by atoms with E-state index in [1.165, 1.54) is 16.3 Å². The summed E-state index contributed by atoms with van der Waals surface area (Å²) < 4.78 is 5.37. The van der Waals surface area contributed by atoms with Crippen LogP contribution in [0.15, 0.2) is 71.7 Å². The van der Waals surface area contributed by atoms with Gasteiger partial charge >= 0.3 is 0 Å². The van der Waals surface area contributed by atoms with E-state index in [0.29, 0.717) is 12.3 Å². The minimum atomic E-state index is -0.500. The van der Waals surface area contributed by atoms with Crippen LogP contribution in [0.25, 0.3) is 10.8 Å². The fourth-order valence-corrected chi connectivity index (χ4v) is 3.29. The second-order valence-electron chi connectivity index (χ2n) is 7.03. The Hall–Kier alpha value is -3.54. The molecule has 0 bridgehead atoms. The van der Waals surface area contributed by atoms with Gasteiger partial charge in [-0.25, -0.2) is 4.99 Å². The first-order valence-corrected chi connectivity index (χ1v) is 10.1. The van der Waals surface area contributed by atoms with E-state index in [2.05, 4.69) is 60.0 Å². The van der Waals surface area contributed by atoms with Crippen LogP contribution in [0.4, 0.5) is 0 Å². The molecule has 0 radical (unpaired) electrons. The number of fused-ring (bicyclic) bond motifs is 1. The van der Waals surface area contributed by atoms with Crippen molar-refractivity contribution in [2.24, 2.45) is 10.7 Å². The molecule has 0 aliphatic rings. The van der Waals surface area contributed by atoms with Crippen molar-refractivity contribution in [3.63, 3.8) is 0 Å². The van der Waals surface area contributed by atoms with E-state index in [9.17, 15) is 4.79 Å². The summed E-state index contributed by atoms with van der Waals surface area (Å²) in [5.74, 6) is 0.837. The van der Waals surface area contributed by atoms with Crippen LogP contribution in [0, 0.1) is 0 Å². The topological polar surface area (TPSA) is 88.7 Å². The first-order valence-electron chi connectivity index (χ1n) is 10.1. The molecular formula is C24H28N4O2. The third-order valence-corrected chi connectivity index (χ3v) is 4.69. The Morgan fingerprint density at radius 3 is 2.67 bits per heavy atom. The van der Waals surface area contributed by atoms with Crippen LogP contribution in [0.2, 0.25) is 0 Å². The fraction of sp³-hybridized carbons (Fsp3) is 0.250. The Morgan fingerprint density at radius 1 is 1.10 bits per heavy atom. The number of aliphatic imine (C=N–C) groups is 1. The summed E-state index contributed by atoms with van der Waals surface area (Å²) in [6.45, 7) is 5.27. The molecule has 1 atom stereocenters. The Morgan fingerprint density at radius 2 is 1.87 bits per heavy atom. The number of ether oxygens (including phenoxy) is 1. The van der Waals surface area contributed by atoms with Gasteiger partial charge in [0.25, 0.3) is 5.91 Å². The standard InChI is InChI=1S/C24H28N4O2/c1-3-26-24(27-15-18-8-6-11-20(14-18)30-16-23(25)29)28-17(2)21-13-7-10-19-9-4-5-12-22(19)21/h4-14,17H,3,15-16H2,1-2H3,(H2,25,29)(H2,26,27,28). The number of nitrogens with one attached hydrogen (secondary N) is 2. The monoisotopic (exact) mass is 404 g/mol. The second-order valence-corrected chi connectivity index (χ2v) is 7.03. The van der Waals surface area contributed by atoms with Gasteiger partial charge in [-0.15, -0.1) is 0 Å². The van der Waals surface area contributed by atoms with Crippen LogP contribution in [-0.2, 0) is 11.3 Å². The van der Waals surface area contributed by atoms with Gasteiger partial charge in [-0.1, -0.05) is 54.6 Å². The molecule has 1 unspecified atom stereocenters. The number of carbonyl (C=O) groups excluding carboxylic acids is 1. The average Bonchev–Trinajstić information content (AvgIpc) is 2.76. The van der Waals surface area contributed by atoms with E-state index in [1.807, 2.05) is 25.1 Å². The molecule has 3 rings (SSSR count). The lowest BCUT2D eigenvalue weighted by molar-refractivity contribution is -0.119. The van der Waals surface area contributed by atoms with Gasteiger partial charge in [-0.05, 0) is 47.9 Å². The number of nitrogens with two attached hydrogens (primary N) is 1. The van der Waals surface area contributed by atoms with Gasteiger partial charge in [0, 0.05) is 6.54 Å². The van der Waals surface area contributed by atoms with Crippen LogP contribution >= 0.6 is 0 Å². The number of hydrogen-bond acceptors (Lipinski definition) is 3. The molecule has 0 fully saturated rings. The summed E-state index contributed by atoms with van der Waals surface area (Å²) in [7, 11) is 0. The lowest BCUT2D eigenvalue weighted by atomic mass is 10.00. The van der Waals surface area contributed by atoms with Gasteiger partial charge < -0.3 is 21.1 Å². The third-order valence-electron chi connectivity index (χ3n) is 4.69. The van der Waals surface area contributed by atoms with Gasteiger partial charge in [0.2, 0.25) is 0 Å². The van der Waals surface area contributed by atoms with Crippen LogP contribution in [0.1, 0.15) is 31.0 Å². The second kappa shape index (κ2) is 10.3. The molecule has 156 valence electrons. The van der Waals surface area contributed by atoms with E-state index in [4.69, 9.17) is 15.5 Å². The molecule has 3 aromatic carbocycles. The van der Waals surface area contributed by atoms with Crippen LogP contribution in [0.5, 0.6) is 5.75 Å². The zero-order chi connectivity index (χ0) is 21.3. The summed E-state index contributed by atoms with van der Waals surface area (Å²) in [6, 6.07) is 22.3. The molecular weight excluding hydrogens is 376 g/mol. The molecule has 3 aromatic rings. The van der Waals surface area contributed by atoms with Gasteiger partial charge in [-0.3, -0.25) is 4.79 Å². The Labute approximate surface area is 177 Å². The number of amides is 1. The lowest BCUT2D eigenvalue weighted by Gasteiger charge is -2.20. The SMILES string of the molecule is CCNC(=NCc1cccc(OCC(N)=O)c1)NC(C)c1cccc2ccccc12. The van der Waals surface area contributed by atoms with E-state index in [0.717, 1.165) is 18.1 Å². The maximum absolute atomic E-state index is 10.9. The highest BCUT2D eigenvalue weighted by atomic mass is 16.5. The number of guanidine groups is 1. The molecule has 30 heavy (non-hydrogen) atoms. The molecule has 0 heterocycles. The quantitative estimate of drug-likeness (QED) is 0.396. The molecule has 0 aromatic heterocycles. The highest BCUT2D eigenvalue weighted by Crippen LogP contribution is 2.24. The lowest BCUT2D eigenvalue weighted by Crippen LogP contribution is -2.38. The number of primary amides is 1. The van der Waals surface area contributed by atoms with Crippen LogP contribution in [0.3, 0.4) is 0 Å². The Kier molecular flexibility index (Phi) is 7.27. The molecule has 6 nitrogen and oxygen atoms in total. The predicted molar refractivity (Wildman–Crippen MR) is 121 cm³/mol. The zero-order valence-electron chi connectivity index (χ0n) is 17.4. The minimum absolute atomic E-state index is 0.0825. The average molecular weight is 405 g/mol. The first kappa shape index (κ1) is 21.2. The zero-order valence-corrected chi connectivity index (χ0v) is 17.4. The summed E-state index contributed by atoms with van der Waals surface area (Å²) in [5, 5.41) is 9.25. The predicted octanol–water partition coefficient (Wildman–Crippen LogP) is 3.52. The maximum atomic E-state index is 10.9. The molecule has 1 amide bonds. The molecule has 0 spiro atoms. The molecule has 0 saturated heterocycles. The van der Waals surface area contributed by atoms with Crippen LogP contribution in [-0.4, -0.2) is 25.0 Å². The van der Waals surface area contributed by atoms with Crippen molar-refractivity contribution in [1.29, 1.82) is 0 Å². The van der Waals surface area contributed by atoms with Crippen molar-refractivity contribution in [1.82, 2.24) is 10.6 Å². The van der Waals surface area contributed by atoms with E-state index >= 15 is 0 Å². The van der Waals surface area contributed by atoms with E-state index in [1.54, 1.807) is 6.07 Å². The Bertz CT molecular complexity index is 1030. The number of hydrogen-bond donors (Lipinski definition) is 3. The van der Waals surface area contributed by atoms with Gasteiger partial charge in [0.1, 0.15) is 5.75 Å². The summed E-state index contributed by atoms with van der Waals surface area (Å²) in [5.41, 5.74) is 7.34.